The number of ether oxygens (including phenoxy) is 1. The molecule has 0 aromatic heterocycles. The predicted octanol–water partition coefficient (Wildman–Crippen LogP) is 2.09. The van der Waals surface area contributed by atoms with Crippen LogP contribution >= 0.6 is 0 Å². The third-order valence-electron chi connectivity index (χ3n) is 3.19. The van der Waals surface area contributed by atoms with Crippen LogP contribution in [0.15, 0.2) is 0 Å². The van der Waals surface area contributed by atoms with Gasteiger partial charge in [0.25, 0.3) is 0 Å². The van der Waals surface area contributed by atoms with Crippen LogP contribution in [0.2, 0.25) is 0 Å². The average molecular weight is 213 g/mol. The van der Waals surface area contributed by atoms with Crippen molar-refractivity contribution in [2.75, 3.05) is 13.2 Å². The van der Waals surface area contributed by atoms with Crippen molar-refractivity contribution >= 4 is 5.97 Å². The molecule has 0 radical (unpaired) electrons. The highest BCUT2D eigenvalue weighted by Crippen LogP contribution is 2.23. The second-order valence-electron chi connectivity index (χ2n) is 4.61. The van der Waals surface area contributed by atoms with Gasteiger partial charge in [0.05, 0.1) is 12.5 Å². The summed E-state index contributed by atoms with van der Waals surface area (Å²) in [6.45, 7) is 3.06. The van der Waals surface area contributed by atoms with E-state index in [1.807, 2.05) is 6.92 Å². The Morgan fingerprint density at radius 1 is 1.40 bits per heavy atom. The van der Waals surface area contributed by atoms with Crippen molar-refractivity contribution < 1.29 is 9.53 Å². The lowest BCUT2D eigenvalue weighted by Crippen LogP contribution is -2.22. The number of hydrogen-bond donors (Lipinski definition) is 1. The molecule has 1 fully saturated rings. The lowest BCUT2D eigenvalue weighted by Gasteiger charge is -2.21. The molecule has 15 heavy (non-hydrogen) atoms. The standard InChI is InChI=1S/C12H23NO2/c1-10(7-8-13)12(14)15-9-11-5-3-2-4-6-11/h10-11H,2-9,13H2,1H3. The lowest BCUT2D eigenvalue weighted by molar-refractivity contribution is -0.149. The summed E-state index contributed by atoms with van der Waals surface area (Å²) in [6.07, 6.45) is 7.09. The zero-order valence-corrected chi connectivity index (χ0v) is 9.71. The van der Waals surface area contributed by atoms with Gasteiger partial charge in [-0.15, -0.1) is 0 Å². The SMILES string of the molecule is CC(CCN)C(=O)OCC1CCCCC1. The van der Waals surface area contributed by atoms with Crippen LogP contribution in [-0.2, 0) is 9.53 Å². The Labute approximate surface area is 92.4 Å². The summed E-state index contributed by atoms with van der Waals surface area (Å²) < 4.78 is 5.30. The molecule has 0 heterocycles. The van der Waals surface area contributed by atoms with Gasteiger partial charge in [-0.1, -0.05) is 26.2 Å². The van der Waals surface area contributed by atoms with Crippen molar-refractivity contribution in [3.8, 4) is 0 Å². The van der Waals surface area contributed by atoms with Crippen LogP contribution in [0.3, 0.4) is 0 Å². The molecule has 0 aromatic rings. The maximum atomic E-state index is 11.5. The van der Waals surface area contributed by atoms with Gasteiger partial charge in [-0.3, -0.25) is 4.79 Å². The second-order valence-corrected chi connectivity index (χ2v) is 4.61. The first kappa shape index (κ1) is 12.5. The van der Waals surface area contributed by atoms with Crippen LogP contribution in [0.5, 0.6) is 0 Å². The first-order chi connectivity index (χ1) is 7.24. The topological polar surface area (TPSA) is 52.3 Å². The van der Waals surface area contributed by atoms with E-state index in [1.54, 1.807) is 0 Å². The molecule has 1 rings (SSSR count). The Morgan fingerprint density at radius 2 is 2.07 bits per heavy atom. The van der Waals surface area contributed by atoms with E-state index in [0.29, 0.717) is 19.1 Å². The minimum atomic E-state index is -0.0778. The fourth-order valence-corrected chi connectivity index (χ4v) is 2.06. The molecule has 2 N–H and O–H groups in total. The van der Waals surface area contributed by atoms with Gasteiger partial charge in [-0.25, -0.2) is 0 Å². The van der Waals surface area contributed by atoms with Crippen LogP contribution in [0.4, 0.5) is 0 Å². The van der Waals surface area contributed by atoms with Crippen molar-refractivity contribution in [2.45, 2.75) is 45.4 Å². The van der Waals surface area contributed by atoms with Crippen LogP contribution in [-0.4, -0.2) is 19.1 Å². The third-order valence-corrected chi connectivity index (χ3v) is 3.19. The zero-order chi connectivity index (χ0) is 11.1. The fourth-order valence-electron chi connectivity index (χ4n) is 2.06. The molecule has 0 aliphatic heterocycles. The molecule has 1 aliphatic carbocycles. The lowest BCUT2D eigenvalue weighted by atomic mass is 9.90. The molecule has 0 amide bonds. The van der Waals surface area contributed by atoms with Crippen LogP contribution < -0.4 is 5.73 Å². The van der Waals surface area contributed by atoms with Gasteiger partial charge in [0.1, 0.15) is 0 Å². The summed E-state index contributed by atoms with van der Waals surface area (Å²) in [5.74, 6) is 0.484. The quantitative estimate of drug-likeness (QED) is 0.711. The minimum absolute atomic E-state index is 0.0430. The number of rotatable bonds is 5. The summed E-state index contributed by atoms with van der Waals surface area (Å²) in [5, 5.41) is 0. The molecule has 88 valence electrons. The van der Waals surface area contributed by atoms with Crippen molar-refractivity contribution in [3.63, 3.8) is 0 Å². The van der Waals surface area contributed by atoms with E-state index < -0.39 is 0 Å². The highest BCUT2D eigenvalue weighted by atomic mass is 16.5. The number of hydrogen-bond acceptors (Lipinski definition) is 3. The summed E-state index contributed by atoms with van der Waals surface area (Å²) >= 11 is 0. The molecule has 1 aliphatic rings. The van der Waals surface area contributed by atoms with Crippen LogP contribution in [0.1, 0.15) is 45.4 Å². The number of carbonyl (C=O) groups is 1. The second kappa shape index (κ2) is 6.83. The Balaban J connectivity index is 2.14. The Kier molecular flexibility index (Phi) is 5.69. The van der Waals surface area contributed by atoms with Crippen LogP contribution in [0.25, 0.3) is 0 Å². The smallest absolute Gasteiger partial charge is 0.308 e. The summed E-state index contributed by atoms with van der Waals surface area (Å²) in [4.78, 5) is 11.5. The molecule has 1 atom stereocenters. The molecular formula is C12H23NO2. The van der Waals surface area contributed by atoms with E-state index in [9.17, 15) is 4.79 Å². The molecule has 3 heteroatoms. The Morgan fingerprint density at radius 3 is 2.67 bits per heavy atom. The summed E-state index contributed by atoms with van der Waals surface area (Å²) in [5.41, 5.74) is 5.40. The first-order valence-corrected chi connectivity index (χ1v) is 6.10. The normalized spacial score (nSPS) is 19.9. The molecule has 0 aromatic carbocycles. The first-order valence-electron chi connectivity index (χ1n) is 6.10. The third kappa shape index (κ3) is 4.65. The zero-order valence-electron chi connectivity index (χ0n) is 9.71. The van der Waals surface area contributed by atoms with Crippen molar-refractivity contribution in [3.05, 3.63) is 0 Å². The van der Waals surface area contributed by atoms with Gasteiger partial charge in [-0.2, -0.15) is 0 Å². The van der Waals surface area contributed by atoms with Crippen molar-refractivity contribution in [1.29, 1.82) is 0 Å². The maximum Gasteiger partial charge on any atom is 0.308 e. The van der Waals surface area contributed by atoms with E-state index in [4.69, 9.17) is 10.5 Å². The molecule has 0 saturated heterocycles. The molecule has 0 spiro atoms. The molecule has 1 unspecified atom stereocenters. The predicted molar refractivity (Wildman–Crippen MR) is 60.4 cm³/mol. The largest absolute Gasteiger partial charge is 0.465 e. The Hall–Kier alpha value is -0.570. The summed E-state index contributed by atoms with van der Waals surface area (Å²) in [7, 11) is 0. The van der Waals surface area contributed by atoms with E-state index in [2.05, 4.69) is 0 Å². The van der Waals surface area contributed by atoms with Gasteiger partial charge < -0.3 is 10.5 Å². The Bertz CT molecular complexity index is 188. The minimum Gasteiger partial charge on any atom is -0.465 e. The van der Waals surface area contributed by atoms with Crippen molar-refractivity contribution in [2.24, 2.45) is 17.6 Å². The fraction of sp³-hybridized carbons (Fsp3) is 0.917. The van der Waals surface area contributed by atoms with Gasteiger partial charge in [0, 0.05) is 0 Å². The highest BCUT2D eigenvalue weighted by Gasteiger charge is 2.18. The summed E-state index contributed by atoms with van der Waals surface area (Å²) in [6, 6.07) is 0. The monoisotopic (exact) mass is 213 g/mol. The van der Waals surface area contributed by atoms with E-state index in [0.717, 1.165) is 6.42 Å². The maximum absolute atomic E-state index is 11.5. The van der Waals surface area contributed by atoms with Gasteiger partial charge in [0.15, 0.2) is 0 Å². The average Bonchev–Trinajstić information content (AvgIpc) is 2.27. The van der Waals surface area contributed by atoms with Crippen molar-refractivity contribution in [1.82, 2.24) is 0 Å². The molecule has 1 saturated carbocycles. The van der Waals surface area contributed by atoms with E-state index in [1.165, 1.54) is 32.1 Å². The molecular weight excluding hydrogens is 190 g/mol. The number of carbonyl (C=O) groups excluding carboxylic acids is 1. The molecule has 3 nitrogen and oxygen atoms in total. The van der Waals surface area contributed by atoms with E-state index >= 15 is 0 Å². The van der Waals surface area contributed by atoms with Crippen LogP contribution in [0, 0.1) is 11.8 Å². The van der Waals surface area contributed by atoms with Gasteiger partial charge in [0.2, 0.25) is 0 Å². The van der Waals surface area contributed by atoms with E-state index in [-0.39, 0.29) is 11.9 Å². The van der Waals surface area contributed by atoms with Gasteiger partial charge in [-0.05, 0) is 31.7 Å². The highest BCUT2D eigenvalue weighted by molar-refractivity contribution is 5.71. The van der Waals surface area contributed by atoms with Gasteiger partial charge >= 0.3 is 5.97 Å². The molecule has 0 bridgehead atoms. The number of esters is 1. The number of nitrogens with two attached hydrogens (primary N) is 1.